The molecule has 2 bridgehead atoms. The fourth-order valence-electron chi connectivity index (χ4n) is 8.62. The lowest BCUT2D eigenvalue weighted by Crippen LogP contribution is -2.53. The van der Waals surface area contributed by atoms with Crippen LogP contribution < -0.4 is 11.4 Å². The van der Waals surface area contributed by atoms with Crippen LogP contribution >= 0.6 is 0 Å². The highest BCUT2D eigenvalue weighted by molar-refractivity contribution is 5.51. The Balaban J connectivity index is 1.48. The van der Waals surface area contributed by atoms with E-state index in [-0.39, 0.29) is 34.3 Å². The lowest BCUT2D eigenvalue weighted by atomic mass is 9.67. The molecule has 9 rings (SSSR count). The molecule has 0 amide bonds. The number of benzene rings is 1. The predicted octanol–water partition coefficient (Wildman–Crippen LogP) is 1.74. The summed E-state index contributed by atoms with van der Waals surface area (Å²) < 4.78 is 5.19. The van der Waals surface area contributed by atoms with Crippen LogP contribution in [0.3, 0.4) is 0 Å². The molecule has 2 unspecified atom stereocenters. The standard InChI is InChI=1S/C20H17N3O2/c24-17-21(10-6-2-1-3-7-10)18(25)23-16-13-11-12(13)15(22(17)23)19-8-4-5-9-20(16,19)14(11)19/h1-7,11-16H,8-9H2/t11?,12-,13+,14?,15-,16-,19+,20-/m1/s1. The van der Waals surface area contributed by atoms with Crippen molar-refractivity contribution in [2.45, 2.75) is 24.9 Å². The van der Waals surface area contributed by atoms with Gasteiger partial charge in [-0.25, -0.2) is 23.5 Å². The Bertz CT molecular complexity index is 1090. The Labute approximate surface area is 143 Å². The molecule has 1 aromatic carbocycles. The van der Waals surface area contributed by atoms with Gasteiger partial charge in [-0.2, -0.15) is 0 Å². The third kappa shape index (κ3) is 0.847. The first-order chi connectivity index (χ1) is 12.2. The van der Waals surface area contributed by atoms with Gasteiger partial charge in [0.2, 0.25) is 0 Å². The Morgan fingerprint density at radius 2 is 1.36 bits per heavy atom. The SMILES string of the molecule is O=c1n(-c2ccccc2)c(=O)n2n1[C@@H]1[C@@H]3C4C5[C@@]16CC=CC[C@]56[C@H]2[C@@H]43. The van der Waals surface area contributed by atoms with E-state index in [0.717, 1.165) is 24.7 Å². The molecule has 2 spiro atoms. The number of allylic oxidation sites excluding steroid dienone is 2. The second-order valence-corrected chi connectivity index (χ2v) is 8.99. The monoisotopic (exact) mass is 331 g/mol. The minimum Gasteiger partial charge on any atom is -0.245 e. The van der Waals surface area contributed by atoms with Crippen LogP contribution in [0.5, 0.6) is 0 Å². The Morgan fingerprint density at radius 1 is 0.800 bits per heavy atom. The van der Waals surface area contributed by atoms with Gasteiger partial charge < -0.3 is 0 Å². The minimum atomic E-state index is -0.125. The molecule has 0 saturated heterocycles. The van der Waals surface area contributed by atoms with Crippen molar-refractivity contribution in [3.05, 3.63) is 63.5 Å². The fraction of sp³-hybridized carbons (Fsp3) is 0.500. The zero-order valence-electron chi connectivity index (χ0n) is 13.6. The zero-order chi connectivity index (χ0) is 16.3. The fourth-order valence-corrected chi connectivity index (χ4v) is 8.62. The van der Waals surface area contributed by atoms with E-state index < -0.39 is 0 Å². The highest BCUT2D eigenvalue weighted by Crippen LogP contribution is 3.04. The van der Waals surface area contributed by atoms with Crippen LogP contribution in [0.25, 0.3) is 5.69 Å². The van der Waals surface area contributed by atoms with E-state index in [4.69, 9.17) is 0 Å². The topological polar surface area (TPSA) is 48.9 Å². The maximum Gasteiger partial charge on any atom is 0.352 e. The van der Waals surface area contributed by atoms with Gasteiger partial charge in [0.25, 0.3) is 0 Å². The maximum atomic E-state index is 13.3. The molecule has 3 heterocycles. The molecular weight excluding hydrogens is 314 g/mol. The summed E-state index contributed by atoms with van der Waals surface area (Å²) in [5.74, 6) is 2.86. The molecule has 0 N–H and O–H groups in total. The third-order valence-corrected chi connectivity index (χ3v) is 8.88. The molecule has 7 aliphatic rings. The summed E-state index contributed by atoms with van der Waals surface area (Å²) in [5, 5.41) is 0. The summed E-state index contributed by atoms with van der Waals surface area (Å²) in [4.78, 5) is 26.6. The van der Waals surface area contributed by atoms with Crippen molar-refractivity contribution in [2.24, 2.45) is 34.5 Å². The molecule has 5 heteroatoms. The van der Waals surface area contributed by atoms with E-state index in [9.17, 15) is 9.59 Å². The van der Waals surface area contributed by atoms with E-state index in [2.05, 4.69) is 12.2 Å². The Morgan fingerprint density at radius 3 is 1.92 bits per heavy atom. The molecule has 8 atom stereocenters. The van der Waals surface area contributed by atoms with E-state index in [0.29, 0.717) is 17.5 Å². The van der Waals surface area contributed by atoms with Crippen LogP contribution in [-0.4, -0.2) is 13.9 Å². The van der Waals surface area contributed by atoms with E-state index in [1.165, 1.54) is 4.57 Å². The van der Waals surface area contributed by atoms with Gasteiger partial charge in [0.1, 0.15) is 0 Å². The summed E-state index contributed by atoms with van der Waals surface area (Å²) in [6, 6.07) is 9.91. The van der Waals surface area contributed by atoms with Gasteiger partial charge in [0, 0.05) is 10.8 Å². The molecule has 5 aliphatic carbocycles. The van der Waals surface area contributed by atoms with Gasteiger partial charge in [-0.15, -0.1) is 0 Å². The van der Waals surface area contributed by atoms with Crippen LogP contribution in [0.4, 0.5) is 0 Å². The number of para-hydroxylation sites is 1. The molecule has 25 heavy (non-hydrogen) atoms. The van der Waals surface area contributed by atoms with Gasteiger partial charge in [-0.1, -0.05) is 30.4 Å². The molecule has 0 radical (unpaired) electrons. The van der Waals surface area contributed by atoms with Crippen molar-refractivity contribution in [3.8, 4) is 5.69 Å². The molecule has 1 aromatic heterocycles. The number of hydrogen-bond acceptors (Lipinski definition) is 2. The van der Waals surface area contributed by atoms with Crippen molar-refractivity contribution < 1.29 is 0 Å². The van der Waals surface area contributed by atoms with Crippen molar-refractivity contribution in [1.29, 1.82) is 0 Å². The summed E-state index contributed by atoms with van der Waals surface area (Å²) in [5.41, 5.74) is 1.02. The van der Waals surface area contributed by atoms with Gasteiger partial charge in [-0.05, 0) is 48.6 Å². The highest BCUT2D eigenvalue weighted by atomic mass is 16.2. The number of nitrogens with zero attached hydrogens (tertiary/aromatic N) is 3. The first-order valence-corrected chi connectivity index (χ1v) is 9.42. The molecular formula is C20H17N3O2. The van der Waals surface area contributed by atoms with Crippen LogP contribution in [0.15, 0.2) is 52.1 Å². The molecule has 2 aromatic rings. The van der Waals surface area contributed by atoms with Crippen LogP contribution in [0.2, 0.25) is 0 Å². The number of aromatic nitrogens is 3. The van der Waals surface area contributed by atoms with Crippen molar-refractivity contribution in [2.75, 3.05) is 0 Å². The first-order valence-electron chi connectivity index (χ1n) is 9.42. The summed E-state index contributed by atoms with van der Waals surface area (Å²) in [6.07, 6.45) is 6.88. The van der Waals surface area contributed by atoms with Crippen molar-refractivity contribution >= 4 is 0 Å². The maximum absolute atomic E-state index is 13.3. The average Bonchev–Trinajstić information content (AvgIpc) is 3.41. The molecule has 5 nitrogen and oxygen atoms in total. The minimum absolute atomic E-state index is 0.125. The molecule has 124 valence electrons. The Hall–Kier alpha value is -2.30. The van der Waals surface area contributed by atoms with Gasteiger partial charge in [0.15, 0.2) is 0 Å². The second-order valence-electron chi connectivity index (χ2n) is 8.99. The smallest absolute Gasteiger partial charge is 0.245 e. The Kier molecular flexibility index (Phi) is 1.51. The highest BCUT2D eigenvalue weighted by Gasteiger charge is 3.02. The lowest BCUT2D eigenvalue weighted by Gasteiger charge is -2.49. The average molecular weight is 331 g/mol. The second kappa shape index (κ2) is 3.11. The molecule has 4 saturated carbocycles. The van der Waals surface area contributed by atoms with E-state index in [1.54, 1.807) is 0 Å². The quantitative estimate of drug-likeness (QED) is 0.748. The largest absolute Gasteiger partial charge is 0.352 e. The third-order valence-electron chi connectivity index (χ3n) is 8.88. The molecule has 4 fully saturated rings. The predicted molar refractivity (Wildman–Crippen MR) is 89.6 cm³/mol. The van der Waals surface area contributed by atoms with Crippen LogP contribution in [-0.2, 0) is 0 Å². The summed E-state index contributed by atoms with van der Waals surface area (Å²) in [6.45, 7) is 0. The zero-order valence-corrected chi connectivity index (χ0v) is 13.6. The van der Waals surface area contributed by atoms with Crippen molar-refractivity contribution in [3.63, 3.8) is 0 Å². The normalized spacial score (nSPS) is 50.6. The lowest BCUT2D eigenvalue weighted by molar-refractivity contribution is -0.00147. The van der Waals surface area contributed by atoms with E-state index >= 15 is 0 Å². The molecule has 2 aliphatic heterocycles. The van der Waals surface area contributed by atoms with Gasteiger partial charge in [0.05, 0.1) is 17.8 Å². The van der Waals surface area contributed by atoms with E-state index in [1.807, 2.05) is 39.7 Å². The van der Waals surface area contributed by atoms with Gasteiger partial charge in [-0.3, -0.25) is 0 Å². The van der Waals surface area contributed by atoms with Crippen LogP contribution in [0.1, 0.15) is 24.9 Å². The number of rotatable bonds is 1. The van der Waals surface area contributed by atoms with Crippen LogP contribution in [0, 0.1) is 34.5 Å². The summed E-state index contributed by atoms with van der Waals surface area (Å²) >= 11 is 0. The van der Waals surface area contributed by atoms with Gasteiger partial charge >= 0.3 is 11.4 Å². The summed E-state index contributed by atoms with van der Waals surface area (Å²) in [7, 11) is 0. The number of hydrogen-bond donors (Lipinski definition) is 0. The first kappa shape index (κ1) is 12.1. The van der Waals surface area contributed by atoms with Crippen molar-refractivity contribution in [1.82, 2.24) is 13.9 Å².